The highest BCUT2D eigenvalue weighted by atomic mass is 16.5. The largest absolute Gasteiger partial charge is 0.493 e. The van der Waals surface area contributed by atoms with Crippen molar-refractivity contribution in [3.8, 4) is 11.5 Å². The molecule has 0 aliphatic heterocycles. The number of allylic oxidation sites excluding steroid dienone is 1. The van der Waals surface area contributed by atoms with Crippen molar-refractivity contribution in [2.45, 2.75) is 26.3 Å². The minimum Gasteiger partial charge on any atom is -0.493 e. The van der Waals surface area contributed by atoms with E-state index in [9.17, 15) is 0 Å². The molecule has 25 heavy (non-hydrogen) atoms. The standard InChI is InChI=1S/C20H23N3O2/c1-3-8-16-11-12-19(20(15-16)24-2)25-14-7-6-13-23-18-10-5-4-9-17(18)21-22-23/h3-5,8-12,15H,6-7,13-14H2,1-2H3/b8-3+. The van der Waals surface area contributed by atoms with Crippen LogP contribution in [0, 0.1) is 0 Å². The molecule has 5 nitrogen and oxygen atoms in total. The Morgan fingerprint density at radius 3 is 2.80 bits per heavy atom. The highest BCUT2D eigenvalue weighted by Crippen LogP contribution is 2.28. The fourth-order valence-electron chi connectivity index (χ4n) is 2.73. The van der Waals surface area contributed by atoms with Gasteiger partial charge in [-0.3, -0.25) is 0 Å². The third-order valence-electron chi connectivity index (χ3n) is 3.99. The highest BCUT2D eigenvalue weighted by Gasteiger charge is 2.06. The molecule has 0 saturated carbocycles. The number of aryl methyl sites for hydroxylation is 1. The maximum absolute atomic E-state index is 5.87. The quantitative estimate of drug-likeness (QED) is 0.574. The lowest BCUT2D eigenvalue weighted by atomic mass is 10.2. The zero-order valence-electron chi connectivity index (χ0n) is 14.7. The van der Waals surface area contributed by atoms with Crippen LogP contribution in [0.25, 0.3) is 17.1 Å². The third-order valence-corrected chi connectivity index (χ3v) is 3.99. The third kappa shape index (κ3) is 4.18. The molecule has 1 heterocycles. The number of nitrogens with zero attached hydrogens (tertiary/aromatic N) is 3. The van der Waals surface area contributed by atoms with Crippen molar-refractivity contribution in [2.75, 3.05) is 13.7 Å². The molecule has 0 aliphatic rings. The Bertz CT molecular complexity index is 855. The topological polar surface area (TPSA) is 49.2 Å². The minimum atomic E-state index is 0.645. The molecular weight excluding hydrogens is 314 g/mol. The average Bonchev–Trinajstić information content (AvgIpc) is 3.06. The fraction of sp³-hybridized carbons (Fsp3) is 0.300. The Morgan fingerprint density at radius 1 is 1.08 bits per heavy atom. The maximum Gasteiger partial charge on any atom is 0.161 e. The number of methoxy groups -OCH3 is 1. The van der Waals surface area contributed by atoms with Crippen LogP contribution in [0.15, 0.2) is 48.5 Å². The normalized spacial score (nSPS) is 11.3. The van der Waals surface area contributed by atoms with Crippen molar-refractivity contribution < 1.29 is 9.47 Å². The smallest absolute Gasteiger partial charge is 0.161 e. The highest BCUT2D eigenvalue weighted by molar-refractivity contribution is 5.73. The second-order valence-corrected chi connectivity index (χ2v) is 5.77. The van der Waals surface area contributed by atoms with Crippen LogP contribution in [0.5, 0.6) is 11.5 Å². The molecule has 5 heteroatoms. The van der Waals surface area contributed by atoms with Gasteiger partial charge in [-0.1, -0.05) is 35.6 Å². The van der Waals surface area contributed by atoms with E-state index in [2.05, 4.69) is 10.3 Å². The molecule has 1 aromatic heterocycles. The monoisotopic (exact) mass is 337 g/mol. The van der Waals surface area contributed by atoms with E-state index in [1.54, 1.807) is 7.11 Å². The molecule has 0 atom stereocenters. The predicted molar refractivity (Wildman–Crippen MR) is 100.0 cm³/mol. The molecule has 3 aromatic rings. The molecule has 0 fully saturated rings. The molecular formula is C20H23N3O2. The Balaban J connectivity index is 1.50. The summed E-state index contributed by atoms with van der Waals surface area (Å²) in [6.45, 7) is 3.47. The number of fused-ring (bicyclic) bond motifs is 1. The molecule has 0 unspecified atom stereocenters. The number of aromatic nitrogens is 3. The molecule has 0 spiro atoms. The molecule has 0 bridgehead atoms. The second-order valence-electron chi connectivity index (χ2n) is 5.77. The first-order valence-corrected chi connectivity index (χ1v) is 8.53. The summed E-state index contributed by atoms with van der Waals surface area (Å²) < 4.78 is 13.2. The summed E-state index contributed by atoms with van der Waals surface area (Å²) in [5, 5.41) is 8.38. The van der Waals surface area contributed by atoms with Crippen LogP contribution in [-0.4, -0.2) is 28.7 Å². The molecule has 0 radical (unpaired) electrons. The van der Waals surface area contributed by atoms with Gasteiger partial charge in [0.25, 0.3) is 0 Å². The first-order valence-electron chi connectivity index (χ1n) is 8.53. The van der Waals surface area contributed by atoms with Crippen LogP contribution in [0.1, 0.15) is 25.3 Å². The molecule has 2 aromatic carbocycles. The van der Waals surface area contributed by atoms with Gasteiger partial charge in [-0.05, 0) is 49.6 Å². The lowest BCUT2D eigenvalue weighted by Gasteiger charge is -2.11. The number of hydrogen-bond acceptors (Lipinski definition) is 4. The lowest BCUT2D eigenvalue weighted by Crippen LogP contribution is -2.04. The van der Waals surface area contributed by atoms with Gasteiger partial charge in [0.1, 0.15) is 5.52 Å². The summed E-state index contributed by atoms with van der Waals surface area (Å²) in [6.07, 6.45) is 5.96. The summed E-state index contributed by atoms with van der Waals surface area (Å²) in [6, 6.07) is 14.0. The zero-order valence-corrected chi connectivity index (χ0v) is 14.7. The summed E-state index contributed by atoms with van der Waals surface area (Å²) >= 11 is 0. The molecule has 0 saturated heterocycles. The van der Waals surface area contributed by atoms with Crippen LogP contribution in [0.4, 0.5) is 0 Å². The molecule has 3 rings (SSSR count). The van der Waals surface area contributed by atoms with Crippen molar-refractivity contribution in [1.29, 1.82) is 0 Å². The molecule has 0 aliphatic carbocycles. The number of benzene rings is 2. The Hall–Kier alpha value is -2.82. The van der Waals surface area contributed by atoms with Crippen LogP contribution in [0.3, 0.4) is 0 Å². The molecule has 0 N–H and O–H groups in total. The van der Waals surface area contributed by atoms with E-state index >= 15 is 0 Å². The average molecular weight is 337 g/mol. The van der Waals surface area contributed by atoms with E-state index < -0.39 is 0 Å². The van der Waals surface area contributed by atoms with Gasteiger partial charge in [0.15, 0.2) is 11.5 Å². The predicted octanol–water partition coefficient (Wildman–Crippen LogP) is 4.33. The van der Waals surface area contributed by atoms with E-state index in [1.165, 1.54) is 0 Å². The first-order chi connectivity index (χ1) is 12.3. The summed E-state index contributed by atoms with van der Waals surface area (Å²) in [7, 11) is 1.66. The van der Waals surface area contributed by atoms with Gasteiger partial charge in [-0.15, -0.1) is 5.10 Å². The molecule has 0 amide bonds. The van der Waals surface area contributed by atoms with Crippen molar-refractivity contribution >= 4 is 17.1 Å². The van der Waals surface area contributed by atoms with Gasteiger partial charge >= 0.3 is 0 Å². The van der Waals surface area contributed by atoms with Crippen molar-refractivity contribution in [2.24, 2.45) is 0 Å². The van der Waals surface area contributed by atoms with Gasteiger partial charge in [-0.2, -0.15) is 0 Å². The van der Waals surface area contributed by atoms with Crippen LogP contribution >= 0.6 is 0 Å². The Kier molecular flexibility index (Phi) is 5.67. The lowest BCUT2D eigenvalue weighted by molar-refractivity contribution is 0.283. The van der Waals surface area contributed by atoms with Crippen LogP contribution in [-0.2, 0) is 6.54 Å². The first kappa shape index (κ1) is 17.0. The van der Waals surface area contributed by atoms with E-state index in [1.807, 2.05) is 66.2 Å². The van der Waals surface area contributed by atoms with Gasteiger partial charge in [0, 0.05) is 6.54 Å². The van der Waals surface area contributed by atoms with Gasteiger partial charge < -0.3 is 9.47 Å². The summed E-state index contributed by atoms with van der Waals surface area (Å²) in [5.74, 6) is 1.54. The number of ether oxygens (including phenoxy) is 2. The zero-order chi connectivity index (χ0) is 17.5. The van der Waals surface area contributed by atoms with E-state index in [-0.39, 0.29) is 0 Å². The Labute approximate surface area is 147 Å². The molecule has 130 valence electrons. The van der Waals surface area contributed by atoms with E-state index in [0.717, 1.165) is 47.5 Å². The van der Waals surface area contributed by atoms with E-state index in [0.29, 0.717) is 6.61 Å². The fourth-order valence-corrected chi connectivity index (χ4v) is 2.73. The maximum atomic E-state index is 5.87. The van der Waals surface area contributed by atoms with Crippen molar-refractivity contribution in [3.05, 3.63) is 54.1 Å². The van der Waals surface area contributed by atoms with Gasteiger partial charge in [-0.25, -0.2) is 4.68 Å². The number of para-hydroxylation sites is 1. The number of unbranched alkanes of at least 4 members (excludes halogenated alkanes) is 1. The Morgan fingerprint density at radius 2 is 1.96 bits per heavy atom. The van der Waals surface area contributed by atoms with Crippen molar-refractivity contribution in [1.82, 2.24) is 15.0 Å². The van der Waals surface area contributed by atoms with Gasteiger partial charge in [0.2, 0.25) is 0 Å². The van der Waals surface area contributed by atoms with Gasteiger partial charge in [0.05, 0.1) is 19.2 Å². The SMILES string of the molecule is C/C=C/c1ccc(OCCCCn2nnc3ccccc32)c(OC)c1. The van der Waals surface area contributed by atoms with E-state index in [4.69, 9.17) is 9.47 Å². The number of rotatable bonds is 8. The minimum absolute atomic E-state index is 0.645. The van der Waals surface area contributed by atoms with Crippen LogP contribution < -0.4 is 9.47 Å². The number of hydrogen-bond donors (Lipinski definition) is 0. The summed E-state index contributed by atoms with van der Waals surface area (Å²) in [5.41, 5.74) is 3.11. The van der Waals surface area contributed by atoms with Crippen molar-refractivity contribution in [3.63, 3.8) is 0 Å². The summed E-state index contributed by atoms with van der Waals surface area (Å²) in [4.78, 5) is 0. The van der Waals surface area contributed by atoms with Crippen LogP contribution in [0.2, 0.25) is 0 Å². The second kappa shape index (κ2) is 8.33.